The van der Waals surface area contributed by atoms with Crippen LogP contribution in [0.4, 0.5) is 0 Å². The Balaban J connectivity index is 2.22. The van der Waals surface area contributed by atoms with E-state index >= 15 is 0 Å². The molecule has 1 aromatic heterocycles. The number of aliphatic hydroxyl groups excluding tert-OH is 1. The summed E-state index contributed by atoms with van der Waals surface area (Å²) >= 11 is 0. The normalized spacial score (nSPS) is 12.6. The smallest absolute Gasteiger partial charge is 0.216 e. The lowest BCUT2D eigenvalue weighted by molar-refractivity contribution is -0.119. The van der Waals surface area contributed by atoms with Crippen LogP contribution in [0, 0.1) is 0 Å². The van der Waals surface area contributed by atoms with E-state index in [1.165, 1.54) is 6.92 Å². The number of carbonyl (C=O) groups is 1. The van der Waals surface area contributed by atoms with Crippen LogP contribution in [0.5, 0.6) is 0 Å². The molecule has 1 atom stereocenters. The lowest BCUT2D eigenvalue weighted by atomic mass is 10.1. The molecule has 0 saturated carbocycles. The summed E-state index contributed by atoms with van der Waals surface area (Å²) in [5, 5.41) is 13.5. The zero-order chi connectivity index (χ0) is 11.5. The largest absolute Gasteiger partial charge is 0.386 e. The van der Waals surface area contributed by atoms with Crippen LogP contribution >= 0.6 is 0 Å². The van der Waals surface area contributed by atoms with E-state index < -0.39 is 6.10 Å². The molecule has 16 heavy (non-hydrogen) atoms. The predicted octanol–water partition coefficient (Wildman–Crippen LogP) is 1.34. The van der Waals surface area contributed by atoms with Gasteiger partial charge in [-0.1, -0.05) is 18.2 Å². The van der Waals surface area contributed by atoms with Crippen LogP contribution in [-0.4, -0.2) is 22.5 Å². The fraction of sp³-hybridized carbons (Fsp3) is 0.250. The van der Waals surface area contributed by atoms with Crippen molar-refractivity contribution in [3.63, 3.8) is 0 Å². The number of carbonyl (C=O) groups excluding carboxylic acids is 1. The third-order valence-corrected chi connectivity index (χ3v) is 2.52. The van der Waals surface area contributed by atoms with Crippen molar-refractivity contribution in [2.24, 2.45) is 0 Å². The van der Waals surface area contributed by atoms with Gasteiger partial charge in [0.05, 0.1) is 6.10 Å². The van der Waals surface area contributed by atoms with E-state index in [4.69, 9.17) is 0 Å². The Morgan fingerprint density at radius 1 is 1.50 bits per heavy atom. The number of H-pyrrole nitrogens is 1. The number of nitrogens with one attached hydrogen (secondary N) is 2. The molecule has 4 nitrogen and oxygen atoms in total. The first-order chi connectivity index (χ1) is 7.68. The number of aromatic amines is 1. The molecule has 1 amide bonds. The molecular formula is C12H14N2O2. The Morgan fingerprint density at radius 2 is 2.25 bits per heavy atom. The molecule has 0 saturated heterocycles. The first kappa shape index (κ1) is 10.7. The number of para-hydroxylation sites is 1. The average molecular weight is 218 g/mol. The number of rotatable bonds is 3. The Hall–Kier alpha value is -1.81. The molecule has 0 spiro atoms. The minimum Gasteiger partial charge on any atom is -0.386 e. The van der Waals surface area contributed by atoms with Crippen LogP contribution in [0.1, 0.15) is 18.6 Å². The molecular weight excluding hydrogens is 204 g/mol. The van der Waals surface area contributed by atoms with Gasteiger partial charge < -0.3 is 15.4 Å². The van der Waals surface area contributed by atoms with Crippen molar-refractivity contribution in [2.75, 3.05) is 6.54 Å². The van der Waals surface area contributed by atoms with Crippen LogP contribution < -0.4 is 5.32 Å². The highest BCUT2D eigenvalue weighted by Gasteiger charge is 2.12. The van der Waals surface area contributed by atoms with Gasteiger partial charge in [-0.05, 0) is 6.07 Å². The number of hydrogen-bond donors (Lipinski definition) is 3. The monoisotopic (exact) mass is 218 g/mol. The summed E-state index contributed by atoms with van der Waals surface area (Å²) in [5.74, 6) is -0.140. The number of fused-ring (bicyclic) bond motifs is 1. The molecule has 0 aliphatic heterocycles. The van der Waals surface area contributed by atoms with Gasteiger partial charge in [-0.2, -0.15) is 0 Å². The van der Waals surface area contributed by atoms with Crippen molar-refractivity contribution in [2.45, 2.75) is 13.0 Å². The predicted molar refractivity (Wildman–Crippen MR) is 61.9 cm³/mol. The van der Waals surface area contributed by atoms with Crippen molar-refractivity contribution in [1.82, 2.24) is 10.3 Å². The zero-order valence-electron chi connectivity index (χ0n) is 9.03. The van der Waals surface area contributed by atoms with Gasteiger partial charge >= 0.3 is 0 Å². The van der Waals surface area contributed by atoms with Crippen molar-refractivity contribution in [3.05, 3.63) is 36.0 Å². The lowest BCUT2D eigenvalue weighted by Crippen LogP contribution is -2.25. The van der Waals surface area contributed by atoms with E-state index in [1.807, 2.05) is 24.3 Å². The van der Waals surface area contributed by atoms with E-state index in [0.717, 1.165) is 16.5 Å². The maximum Gasteiger partial charge on any atom is 0.216 e. The second-order valence-electron chi connectivity index (χ2n) is 3.74. The highest BCUT2D eigenvalue weighted by molar-refractivity contribution is 5.83. The summed E-state index contributed by atoms with van der Waals surface area (Å²) in [6.45, 7) is 1.67. The van der Waals surface area contributed by atoms with E-state index in [0.29, 0.717) is 0 Å². The van der Waals surface area contributed by atoms with Gasteiger partial charge in [0, 0.05) is 36.1 Å². The highest BCUT2D eigenvalue weighted by atomic mass is 16.3. The Bertz CT molecular complexity index is 504. The fourth-order valence-electron chi connectivity index (χ4n) is 1.72. The Labute approximate surface area is 93.3 Å². The summed E-state index contributed by atoms with van der Waals surface area (Å²) in [6, 6.07) is 7.75. The summed E-state index contributed by atoms with van der Waals surface area (Å²) < 4.78 is 0. The van der Waals surface area contributed by atoms with Gasteiger partial charge in [-0.15, -0.1) is 0 Å². The molecule has 84 valence electrons. The minimum absolute atomic E-state index is 0.140. The molecule has 4 heteroatoms. The Morgan fingerprint density at radius 3 is 3.00 bits per heavy atom. The van der Waals surface area contributed by atoms with Crippen molar-refractivity contribution in [1.29, 1.82) is 0 Å². The van der Waals surface area contributed by atoms with Crippen molar-refractivity contribution in [3.8, 4) is 0 Å². The molecule has 2 rings (SSSR count). The molecule has 1 aromatic carbocycles. The molecule has 0 bridgehead atoms. The van der Waals surface area contributed by atoms with Gasteiger partial charge in [0.25, 0.3) is 0 Å². The van der Waals surface area contributed by atoms with Crippen LogP contribution in [-0.2, 0) is 4.79 Å². The fourth-order valence-corrected chi connectivity index (χ4v) is 1.72. The third-order valence-electron chi connectivity index (χ3n) is 2.52. The second-order valence-corrected chi connectivity index (χ2v) is 3.74. The number of hydrogen-bond acceptors (Lipinski definition) is 2. The molecule has 0 aliphatic rings. The first-order valence-corrected chi connectivity index (χ1v) is 5.17. The maximum absolute atomic E-state index is 10.8. The molecule has 0 unspecified atom stereocenters. The van der Waals surface area contributed by atoms with Crippen LogP contribution in [0.15, 0.2) is 30.5 Å². The number of aromatic nitrogens is 1. The molecule has 2 aromatic rings. The van der Waals surface area contributed by atoms with Crippen LogP contribution in [0.25, 0.3) is 10.9 Å². The van der Waals surface area contributed by atoms with Crippen LogP contribution in [0.3, 0.4) is 0 Å². The molecule has 1 heterocycles. The summed E-state index contributed by atoms with van der Waals surface area (Å²) in [4.78, 5) is 13.8. The van der Waals surface area contributed by atoms with Crippen molar-refractivity contribution < 1.29 is 9.90 Å². The molecule has 0 aliphatic carbocycles. The van der Waals surface area contributed by atoms with E-state index in [1.54, 1.807) is 6.20 Å². The van der Waals surface area contributed by atoms with Crippen LogP contribution in [0.2, 0.25) is 0 Å². The minimum atomic E-state index is -0.681. The van der Waals surface area contributed by atoms with Crippen molar-refractivity contribution >= 4 is 16.8 Å². The third kappa shape index (κ3) is 2.06. The zero-order valence-corrected chi connectivity index (χ0v) is 9.03. The average Bonchev–Trinajstić information content (AvgIpc) is 2.69. The van der Waals surface area contributed by atoms with E-state index in [9.17, 15) is 9.90 Å². The SMILES string of the molecule is CC(=O)NC[C@@H](O)c1c[nH]c2ccccc12. The molecule has 0 radical (unpaired) electrons. The number of benzene rings is 1. The summed E-state index contributed by atoms with van der Waals surface area (Å²) in [6.07, 6.45) is 1.09. The Kier molecular flexibility index (Phi) is 2.92. The topological polar surface area (TPSA) is 65.1 Å². The second kappa shape index (κ2) is 4.37. The summed E-state index contributed by atoms with van der Waals surface area (Å²) in [5.41, 5.74) is 1.80. The highest BCUT2D eigenvalue weighted by Crippen LogP contribution is 2.23. The number of amides is 1. The summed E-state index contributed by atoms with van der Waals surface area (Å²) in [7, 11) is 0. The van der Waals surface area contributed by atoms with E-state index in [-0.39, 0.29) is 12.5 Å². The standard InChI is InChI=1S/C12H14N2O2/c1-8(15)13-7-12(16)10-6-14-11-5-3-2-4-9(10)11/h2-6,12,14,16H,7H2,1H3,(H,13,15)/t12-/m1/s1. The van der Waals surface area contributed by atoms with Gasteiger partial charge in [0.2, 0.25) is 5.91 Å². The molecule has 0 fully saturated rings. The van der Waals surface area contributed by atoms with E-state index in [2.05, 4.69) is 10.3 Å². The molecule has 3 N–H and O–H groups in total. The first-order valence-electron chi connectivity index (χ1n) is 5.17. The quantitative estimate of drug-likeness (QED) is 0.727. The number of aliphatic hydroxyl groups is 1. The van der Waals surface area contributed by atoms with Gasteiger partial charge in [0.1, 0.15) is 0 Å². The van der Waals surface area contributed by atoms with Gasteiger partial charge in [-0.3, -0.25) is 4.79 Å². The lowest BCUT2D eigenvalue weighted by Gasteiger charge is -2.09. The maximum atomic E-state index is 10.8. The van der Waals surface area contributed by atoms with Gasteiger partial charge in [-0.25, -0.2) is 0 Å². The van der Waals surface area contributed by atoms with Gasteiger partial charge in [0.15, 0.2) is 0 Å².